The third-order valence-corrected chi connectivity index (χ3v) is 2.91. The highest BCUT2D eigenvalue weighted by Crippen LogP contribution is 2.16. The lowest BCUT2D eigenvalue weighted by Gasteiger charge is -2.36. The van der Waals surface area contributed by atoms with Crippen molar-refractivity contribution in [3.05, 3.63) is 10.6 Å². The van der Waals surface area contributed by atoms with Crippen LogP contribution in [0, 0.1) is 6.92 Å². The van der Waals surface area contributed by atoms with Crippen LogP contribution in [0.5, 0.6) is 0 Å². The summed E-state index contributed by atoms with van der Waals surface area (Å²) in [6.45, 7) is 4.99. The van der Waals surface area contributed by atoms with Crippen molar-refractivity contribution in [1.82, 2.24) is 14.5 Å². The molecule has 0 spiro atoms. The van der Waals surface area contributed by atoms with E-state index in [1.807, 2.05) is 6.92 Å². The average Bonchev–Trinajstić information content (AvgIpc) is 2.33. The molecule has 4 nitrogen and oxygen atoms in total. The Kier molecular flexibility index (Phi) is 2.08. The Balaban J connectivity index is 1.92. The molecular weight excluding hydrogens is 172 g/mol. The van der Waals surface area contributed by atoms with Crippen LogP contribution in [-0.2, 0) is 6.54 Å². The predicted molar refractivity (Wildman–Crippen MR) is 47.9 cm³/mol. The topological polar surface area (TPSA) is 55.0 Å². The molecule has 5 heteroatoms. The number of aromatic nitrogens is 2. The Morgan fingerprint density at radius 1 is 1.67 bits per heavy atom. The van der Waals surface area contributed by atoms with E-state index in [4.69, 9.17) is 5.73 Å². The Morgan fingerprint density at radius 2 is 2.42 bits per heavy atom. The van der Waals surface area contributed by atoms with E-state index in [-0.39, 0.29) is 0 Å². The lowest BCUT2D eigenvalue weighted by Crippen LogP contribution is -2.54. The van der Waals surface area contributed by atoms with Crippen LogP contribution < -0.4 is 5.73 Å². The van der Waals surface area contributed by atoms with Gasteiger partial charge in [0.2, 0.25) is 0 Å². The SMILES string of the molecule is Cc1nnsc1CN1CC(N)C1. The molecular formula is C7H12N4S. The average molecular weight is 184 g/mol. The highest BCUT2D eigenvalue weighted by Gasteiger charge is 2.23. The van der Waals surface area contributed by atoms with Crippen molar-refractivity contribution in [2.75, 3.05) is 13.1 Å². The van der Waals surface area contributed by atoms with Gasteiger partial charge in [0, 0.05) is 25.7 Å². The number of likely N-dealkylation sites (tertiary alicyclic amines) is 1. The summed E-state index contributed by atoms with van der Waals surface area (Å²) in [5.74, 6) is 0. The highest BCUT2D eigenvalue weighted by atomic mass is 32.1. The second kappa shape index (κ2) is 3.08. The number of hydrogen-bond donors (Lipinski definition) is 1. The van der Waals surface area contributed by atoms with Crippen molar-refractivity contribution in [3.63, 3.8) is 0 Å². The Morgan fingerprint density at radius 3 is 2.92 bits per heavy atom. The fourth-order valence-corrected chi connectivity index (χ4v) is 2.01. The van der Waals surface area contributed by atoms with Gasteiger partial charge in [-0.05, 0) is 18.5 Å². The second-order valence-electron chi connectivity index (χ2n) is 3.24. The van der Waals surface area contributed by atoms with Crippen molar-refractivity contribution >= 4 is 11.5 Å². The van der Waals surface area contributed by atoms with Crippen LogP contribution in [0.4, 0.5) is 0 Å². The van der Waals surface area contributed by atoms with E-state index in [0.29, 0.717) is 6.04 Å². The molecule has 1 saturated heterocycles. The van der Waals surface area contributed by atoms with Crippen LogP contribution in [0.15, 0.2) is 0 Å². The van der Waals surface area contributed by atoms with Gasteiger partial charge in [0.05, 0.1) is 10.6 Å². The van der Waals surface area contributed by atoms with Crippen molar-refractivity contribution in [2.24, 2.45) is 5.73 Å². The first-order valence-electron chi connectivity index (χ1n) is 4.01. The maximum atomic E-state index is 5.67. The maximum Gasteiger partial charge on any atom is 0.0769 e. The van der Waals surface area contributed by atoms with E-state index in [0.717, 1.165) is 25.3 Å². The molecule has 0 unspecified atom stereocenters. The molecule has 66 valence electrons. The number of nitrogens with zero attached hydrogens (tertiary/aromatic N) is 3. The molecule has 0 bridgehead atoms. The summed E-state index contributed by atoms with van der Waals surface area (Å²) in [6, 6.07) is 0.381. The number of aryl methyl sites for hydroxylation is 1. The molecule has 2 N–H and O–H groups in total. The lowest BCUT2D eigenvalue weighted by molar-refractivity contribution is 0.143. The second-order valence-corrected chi connectivity index (χ2v) is 4.07. The normalized spacial score (nSPS) is 19.5. The smallest absolute Gasteiger partial charge is 0.0769 e. The summed E-state index contributed by atoms with van der Waals surface area (Å²) in [4.78, 5) is 3.58. The van der Waals surface area contributed by atoms with Gasteiger partial charge >= 0.3 is 0 Å². The molecule has 1 aliphatic heterocycles. The summed E-state index contributed by atoms with van der Waals surface area (Å²) in [7, 11) is 0. The van der Waals surface area contributed by atoms with Crippen molar-refractivity contribution in [1.29, 1.82) is 0 Å². The molecule has 0 atom stereocenters. The zero-order valence-corrected chi connectivity index (χ0v) is 7.84. The molecule has 0 aliphatic carbocycles. The van der Waals surface area contributed by atoms with E-state index in [9.17, 15) is 0 Å². The molecule has 0 amide bonds. The molecule has 1 aliphatic rings. The summed E-state index contributed by atoms with van der Waals surface area (Å²) < 4.78 is 3.89. The van der Waals surface area contributed by atoms with Gasteiger partial charge in [-0.2, -0.15) is 0 Å². The van der Waals surface area contributed by atoms with E-state index in [1.54, 1.807) is 0 Å². The molecule has 0 saturated carbocycles. The quantitative estimate of drug-likeness (QED) is 0.702. The first-order valence-corrected chi connectivity index (χ1v) is 4.79. The van der Waals surface area contributed by atoms with Gasteiger partial charge in [0.15, 0.2) is 0 Å². The number of nitrogens with two attached hydrogens (primary N) is 1. The first-order chi connectivity index (χ1) is 5.75. The summed E-state index contributed by atoms with van der Waals surface area (Å²) in [5.41, 5.74) is 6.72. The molecule has 2 heterocycles. The van der Waals surface area contributed by atoms with Gasteiger partial charge in [0.25, 0.3) is 0 Å². The minimum Gasteiger partial charge on any atom is -0.325 e. The monoisotopic (exact) mass is 184 g/mol. The first kappa shape index (κ1) is 8.10. The Labute approximate surface area is 75.5 Å². The van der Waals surface area contributed by atoms with Crippen LogP contribution >= 0.6 is 11.5 Å². The van der Waals surface area contributed by atoms with Crippen LogP contribution in [-0.4, -0.2) is 33.6 Å². The van der Waals surface area contributed by atoms with Crippen LogP contribution in [0.25, 0.3) is 0 Å². The molecule has 12 heavy (non-hydrogen) atoms. The molecule has 1 fully saturated rings. The maximum absolute atomic E-state index is 5.67. The van der Waals surface area contributed by atoms with E-state index in [2.05, 4.69) is 14.5 Å². The largest absolute Gasteiger partial charge is 0.325 e. The van der Waals surface area contributed by atoms with Crippen LogP contribution in [0.1, 0.15) is 10.6 Å². The van der Waals surface area contributed by atoms with Gasteiger partial charge < -0.3 is 5.73 Å². The van der Waals surface area contributed by atoms with Crippen molar-refractivity contribution in [2.45, 2.75) is 19.5 Å². The fourth-order valence-electron chi connectivity index (χ4n) is 1.34. The van der Waals surface area contributed by atoms with E-state index < -0.39 is 0 Å². The molecule has 0 aromatic carbocycles. The Hall–Kier alpha value is -0.520. The van der Waals surface area contributed by atoms with Gasteiger partial charge in [-0.25, -0.2) is 0 Å². The van der Waals surface area contributed by atoms with Crippen LogP contribution in [0.3, 0.4) is 0 Å². The summed E-state index contributed by atoms with van der Waals surface area (Å²) >= 11 is 1.48. The van der Waals surface area contributed by atoms with Gasteiger partial charge in [-0.3, -0.25) is 4.90 Å². The van der Waals surface area contributed by atoms with Gasteiger partial charge in [-0.15, -0.1) is 5.10 Å². The standard InChI is InChI=1S/C7H12N4S/c1-5-7(12-10-9-5)4-11-2-6(8)3-11/h6H,2-4,8H2,1H3. The predicted octanol–water partition coefficient (Wildman–Crippen LogP) is -0.0106. The van der Waals surface area contributed by atoms with Gasteiger partial charge in [-0.1, -0.05) is 4.49 Å². The van der Waals surface area contributed by atoms with Crippen LogP contribution in [0.2, 0.25) is 0 Å². The minimum atomic E-state index is 0.381. The third kappa shape index (κ3) is 1.48. The zero-order chi connectivity index (χ0) is 8.55. The van der Waals surface area contributed by atoms with E-state index >= 15 is 0 Å². The highest BCUT2D eigenvalue weighted by molar-refractivity contribution is 7.05. The molecule has 0 radical (unpaired) electrons. The number of rotatable bonds is 2. The van der Waals surface area contributed by atoms with Crippen molar-refractivity contribution in [3.8, 4) is 0 Å². The molecule has 1 aromatic heterocycles. The minimum absolute atomic E-state index is 0.381. The zero-order valence-electron chi connectivity index (χ0n) is 7.03. The van der Waals surface area contributed by atoms with E-state index in [1.165, 1.54) is 16.4 Å². The fraction of sp³-hybridized carbons (Fsp3) is 0.714. The van der Waals surface area contributed by atoms with Gasteiger partial charge in [0.1, 0.15) is 0 Å². The Bertz CT molecular complexity index is 266. The van der Waals surface area contributed by atoms with Crippen molar-refractivity contribution < 1.29 is 0 Å². The summed E-state index contributed by atoms with van der Waals surface area (Å²) in [5, 5.41) is 3.96. The molecule has 2 rings (SSSR count). The third-order valence-electron chi connectivity index (χ3n) is 2.10. The number of hydrogen-bond acceptors (Lipinski definition) is 5. The lowest BCUT2D eigenvalue weighted by atomic mass is 10.1. The molecule has 1 aromatic rings. The summed E-state index contributed by atoms with van der Waals surface area (Å²) in [6.07, 6.45) is 0.